The Hall–Kier alpha value is -0.470. The molecule has 1 aromatic heterocycles. The van der Waals surface area contributed by atoms with Gasteiger partial charge < -0.3 is 21.9 Å². The average molecular weight is 443 g/mol. The van der Waals surface area contributed by atoms with Crippen LogP contribution in [0.5, 0.6) is 0 Å². The van der Waals surface area contributed by atoms with E-state index in [2.05, 4.69) is 25.8 Å². The van der Waals surface area contributed by atoms with E-state index in [4.69, 9.17) is 0 Å². The summed E-state index contributed by atoms with van der Waals surface area (Å²) < 4.78 is 0. The van der Waals surface area contributed by atoms with Gasteiger partial charge in [0.15, 0.2) is 0 Å². The Labute approximate surface area is 171 Å². The highest BCUT2D eigenvalue weighted by Gasteiger charge is 2.52. The van der Waals surface area contributed by atoms with Gasteiger partial charge in [0, 0.05) is 26.4 Å². The lowest BCUT2D eigenvalue weighted by molar-refractivity contribution is -0.116. The number of pyridine rings is 1. The van der Waals surface area contributed by atoms with Crippen molar-refractivity contribution in [1.82, 2.24) is 4.98 Å². The van der Waals surface area contributed by atoms with E-state index in [-0.39, 0.29) is 17.0 Å². The van der Waals surface area contributed by atoms with Crippen LogP contribution in [0.25, 0.3) is 0 Å². The van der Waals surface area contributed by atoms with Crippen LogP contribution in [0.1, 0.15) is 65.7 Å². The van der Waals surface area contributed by atoms with E-state index in [0.717, 1.165) is 18.7 Å². The van der Waals surface area contributed by atoms with Gasteiger partial charge in [0.2, 0.25) is 0 Å². The minimum absolute atomic E-state index is 0. The molecule has 1 aromatic rings. The predicted molar refractivity (Wildman–Crippen MR) is 111 cm³/mol. The van der Waals surface area contributed by atoms with Crippen LogP contribution in [0.3, 0.4) is 0 Å². The van der Waals surface area contributed by atoms with Crippen molar-refractivity contribution >= 4 is 18.9 Å². The van der Waals surface area contributed by atoms with Gasteiger partial charge >= 0.3 is 0 Å². The van der Waals surface area contributed by atoms with Crippen LogP contribution in [0.2, 0.25) is 0 Å². The van der Waals surface area contributed by atoms with E-state index < -0.39 is 7.26 Å². The number of nitrogens with zero attached hydrogens (tertiary/aromatic N) is 2. The summed E-state index contributed by atoms with van der Waals surface area (Å²) in [6.45, 7) is 7.73. The van der Waals surface area contributed by atoms with Crippen molar-refractivity contribution in [1.29, 1.82) is 0 Å². The number of carbonyl (C=O) groups excluding carboxylic acids is 1. The van der Waals surface area contributed by atoms with Crippen molar-refractivity contribution in [2.75, 3.05) is 29.9 Å². The van der Waals surface area contributed by atoms with Gasteiger partial charge in [-0.15, -0.1) is 0 Å². The number of anilines is 1. The number of aromatic nitrogens is 1. The van der Waals surface area contributed by atoms with E-state index in [1.54, 1.807) is 6.20 Å². The van der Waals surface area contributed by atoms with E-state index in [1.807, 2.05) is 23.2 Å². The summed E-state index contributed by atoms with van der Waals surface area (Å²) in [6.07, 6.45) is 16.2. The first-order valence-corrected chi connectivity index (χ1v) is 12.7. The second-order valence-electron chi connectivity index (χ2n) is 7.46. The third-order valence-corrected chi connectivity index (χ3v) is 11.1. The van der Waals surface area contributed by atoms with E-state index in [1.165, 1.54) is 57.0 Å². The van der Waals surface area contributed by atoms with E-state index in [9.17, 15) is 4.79 Å². The quantitative estimate of drug-likeness (QED) is 0.493. The number of hydrogen-bond donors (Lipinski definition) is 0. The molecule has 0 N–H and O–H groups in total. The van der Waals surface area contributed by atoms with Gasteiger partial charge in [0.25, 0.3) is 5.91 Å². The Morgan fingerprint density at radius 1 is 1.08 bits per heavy atom. The van der Waals surface area contributed by atoms with Crippen LogP contribution in [0.4, 0.5) is 5.69 Å². The molecule has 0 saturated carbocycles. The molecule has 0 spiro atoms. The third-order valence-electron chi connectivity index (χ3n) is 5.67. The van der Waals surface area contributed by atoms with Crippen LogP contribution < -0.4 is 21.9 Å². The highest BCUT2D eigenvalue weighted by Crippen LogP contribution is 2.67. The third kappa shape index (κ3) is 5.76. The molecule has 2 heterocycles. The maximum atomic E-state index is 13.4. The lowest BCUT2D eigenvalue weighted by Gasteiger charge is -2.32. The highest BCUT2D eigenvalue weighted by molar-refractivity contribution is 7.77. The first-order chi connectivity index (χ1) is 12.2. The monoisotopic (exact) mass is 442 g/mol. The second kappa shape index (κ2) is 12.1. The van der Waals surface area contributed by atoms with Crippen LogP contribution in [-0.2, 0) is 4.79 Å². The lowest BCUT2D eigenvalue weighted by atomic mass is 10.3. The molecular weight excluding hydrogens is 407 g/mol. The van der Waals surface area contributed by atoms with Gasteiger partial charge in [-0.25, -0.2) is 0 Å². The van der Waals surface area contributed by atoms with Crippen molar-refractivity contribution in [2.24, 2.45) is 0 Å². The Kier molecular flexibility index (Phi) is 11.0. The van der Waals surface area contributed by atoms with Gasteiger partial charge in [-0.3, -0.25) is 9.78 Å². The van der Waals surface area contributed by atoms with Crippen LogP contribution in [0, 0.1) is 0 Å². The summed E-state index contributed by atoms with van der Waals surface area (Å²) in [6, 6.07) is 3.96. The molecule has 3 nitrogen and oxygen atoms in total. The fourth-order valence-electron chi connectivity index (χ4n) is 4.16. The van der Waals surface area contributed by atoms with Crippen LogP contribution in [-0.4, -0.2) is 41.6 Å². The Bertz CT molecular complexity index is 504. The van der Waals surface area contributed by atoms with Gasteiger partial charge in [-0.05, 0) is 31.4 Å². The molecular formula is C21H36BrN2OP. The fraction of sp³-hybridized carbons (Fsp3) is 0.714. The van der Waals surface area contributed by atoms with E-state index in [0.29, 0.717) is 11.6 Å². The van der Waals surface area contributed by atoms with Gasteiger partial charge in [-0.2, -0.15) is 0 Å². The zero-order valence-electron chi connectivity index (χ0n) is 16.8. The molecule has 26 heavy (non-hydrogen) atoms. The van der Waals surface area contributed by atoms with Crippen molar-refractivity contribution in [3.8, 4) is 0 Å². The number of unbranched alkanes of at least 4 members (excludes halogenated alkanes) is 3. The van der Waals surface area contributed by atoms with Gasteiger partial charge in [-0.1, -0.05) is 40.0 Å². The number of amides is 1. The molecule has 1 aliphatic heterocycles. The molecule has 1 aliphatic rings. The molecule has 1 atom stereocenters. The molecule has 1 saturated heterocycles. The minimum Gasteiger partial charge on any atom is -1.00 e. The maximum Gasteiger partial charge on any atom is 0.267 e. The molecule has 1 fully saturated rings. The smallest absolute Gasteiger partial charge is 0.267 e. The standard InChI is InChI=1S/C21H36N2OP.BrH/c1-4-7-15-25(16-8-5-2,17-9-6-3)20-12-14-23(21(20)24)19-11-10-13-22-18-19;/h10-11,13,18,20H,4-9,12,14-17H2,1-3H3;1H/q+1;/p-1. The molecule has 1 amide bonds. The Balaban J connectivity index is 0.00000338. The predicted octanol–water partition coefficient (Wildman–Crippen LogP) is 2.61. The van der Waals surface area contributed by atoms with Crippen LogP contribution >= 0.6 is 7.26 Å². The number of hydrogen-bond acceptors (Lipinski definition) is 2. The summed E-state index contributed by atoms with van der Waals surface area (Å²) in [5, 5.41) is 0. The summed E-state index contributed by atoms with van der Waals surface area (Å²) in [7, 11) is -1.22. The highest BCUT2D eigenvalue weighted by atomic mass is 79.9. The van der Waals surface area contributed by atoms with Crippen molar-refractivity contribution in [2.45, 2.75) is 71.4 Å². The van der Waals surface area contributed by atoms with Gasteiger partial charge in [0.05, 0.1) is 30.4 Å². The second-order valence-corrected chi connectivity index (χ2v) is 11.9. The first kappa shape index (κ1) is 23.6. The van der Waals surface area contributed by atoms with Crippen LogP contribution in [0.15, 0.2) is 24.5 Å². The molecule has 0 radical (unpaired) electrons. The molecule has 2 rings (SSSR count). The SMILES string of the molecule is CCCC[P+](CCCC)(CCCC)C1CCN(c2cccnc2)C1=O.[Br-]. The topological polar surface area (TPSA) is 33.2 Å². The zero-order valence-corrected chi connectivity index (χ0v) is 19.3. The molecule has 1 unspecified atom stereocenters. The average Bonchev–Trinajstić information content (AvgIpc) is 3.04. The summed E-state index contributed by atoms with van der Waals surface area (Å²) in [5.74, 6) is 0.393. The van der Waals surface area contributed by atoms with Gasteiger partial charge in [0.1, 0.15) is 5.66 Å². The molecule has 0 aliphatic carbocycles. The number of halogens is 1. The van der Waals surface area contributed by atoms with E-state index >= 15 is 0 Å². The van der Waals surface area contributed by atoms with Crippen molar-refractivity contribution in [3.05, 3.63) is 24.5 Å². The Morgan fingerprint density at radius 2 is 1.65 bits per heavy atom. The first-order valence-electron chi connectivity index (χ1n) is 10.3. The maximum absolute atomic E-state index is 13.4. The number of carbonyl (C=O) groups is 1. The molecule has 5 heteroatoms. The lowest BCUT2D eigenvalue weighted by Crippen LogP contribution is -3.00. The molecule has 148 valence electrons. The normalized spacial score (nSPS) is 17.4. The fourth-order valence-corrected chi connectivity index (χ4v) is 9.88. The molecule has 0 bridgehead atoms. The minimum atomic E-state index is -1.22. The summed E-state index contributed by atoms with van der Waals surface area (Å²) in [5.41, 5.74) is 1.28. The Morgan fingerprint density at radius 3 is 2.12 bits per heavy atom. The largest absolute Gasteiger partial charge is 1.00 e. The zero-order chi connectivity index (χ0) is 18.1. The summed E-state index contributed by atoms with van der Waals surface area (Å²) >= 11 is 0. The molecule has 0 aromatic carbocycles. The van der Waals surface area contributed by atoms with Crippen molar-refractivity contribution in [3.63, 3.8) is 0 Å². The number of rotatable bonds is 11. The van der Waals surface area contributed by atoms with Crippen molar-refractivity contribution < 1.29 is 21.8 Å². The summed E-state index contributed by atoms with van der Waals surface area (Å²) in [4.78, 5) is 19.6.